The highest BCUT2D eigenvalue weighted by Gasteiger charge is 2.33. The zero-order valence-electron chi connectivity index (χ0n) is 36.5. The summed E-state index contributed by atoms with van der Waals surface area (Å²) in [5.41, 5.74) is 32.9. The average Bonchev–Trinajstić information content (AvgIpc) is 3.22. The van der Waals surface area contributed by atoms with Crippen LogP contribution in [0.2, 0.25) is 0 Å². The van der Waals surface area contributed by atoms with Gasteiger partial charge in [0, 0.05) is 39.3 Å². The SMILES string of the molecule is CC(=O)N[C@@H](CCCNC(=N)N)C(=O)N[C@@H](CCC(N)=O)C(=O)N[C@@H](CCC(N)=O)C(=O)N[C@@H](Cc1ccc(O)cc1)C(=O)N[C@@H](CCCNC(=N)N)C(=O)N[C@@H](CCCCN)C(N)=O. The number of hydrogen-bond acceptors (Lipinski definition) is 13. The summed E-state index contributed by atoms with van der Waals surface area (Å²) in [5.74, 6) is -8.47. The smallest absolute Gasteiger partial charge is 0.243 e. The van der Waals surface area contributed by atoms with Crippen molar-refractivity contribution in [2.75, 3.05) is 19.6 Å². The molecule has 23 N–H and O–H groups in total. The summed E-state index contributed by atoms with van der Waals surface area (Å²) in [6, 6.07) is -2.70. The standard InChI is InChI=1S/C39H66N16O10/c1-21(56)50-25(7-4-18-48-38(44)45)33(61)53-27(13-15-30(41)58)35(63)54-28(14-16-31(42)59)36(64)55-29(20-22-9-11-23(57)12-10-22)37(65)52-26(8-5-19-49-39(46)47)34(62)51-24(32(43)60)6-2-3-17-40/h9-12,24-29,57H,2-8,13-20,40H2,1H3,(H2,41,58)(H2,42,59)(H2,43,60)(H,50,56)(H,51,62)(H,52,65)(H,53,61)(H,54,63)(H,55,64)(H4,44,45,48)(H4,46,47,49)/t24-,25-,26-,27-,28-,29-/m0/s1. The van der Waals surface area contributed by atoms with Gasteiger partial charge in [-0.2, -0.15) is 0 Å². The third kappa shape index (κ3) is 24.3. The molecule has 1 rings (SSSR count). The van der Waals surface area contributed by atoms with E-state index in [-0.39, 0.29) is 75.7 Å². The Hall–Kier alpha value is -7.25. The molecule has 1 aromatic rings. The van der Waals surface area contributed by atoms with E-state index in [2.05, 4.69) is 42.5 Å². The molecule has 362 valence electrons. The third-order valence-electron chi connectivity index (χ3n) is 9.54. The van der Waals surface area contributed by atoms with Crippen molar-refractivity contribution < 1.29 is 48.3 Å². The number of benzene rings is 1. The molecular formula is C39H66N16O10. The highest BCUT2D eigenvalue weighted by atomic mass is 16.3. The molecule has 65 heavy (non-hydrogen) atoms. The van der Waals surface area contributed by atoms with Gasteiger partial charge >= 0.3 is 0 Å². The number of rotatable bonds is 32. The van der Waals surface area contributed by atoms with Crippen molar-refractivity contribution in [3.05, 3.63) is 29.8 Å². The van der Waals surface area contributed by atoms with Gasteiger partial charge in [-0.1, -0.05) is 12.1 Å². The Balaban J connectivity index is 3.56. The fourth-order valence-corrected chi connectivity index (χ4v) is 6.17. The molecule has 1 aromatic carbocycles. The van der Waals surface area contributed by atoms with Gasteiger partial charge in [0.2, 0.25) is 53.2 Å². The molecule has 0 aromatic heterocycles. The van der Waals surface area contributed by atoms with Crippen LogP contribution in [0.3, 0.4) is 0 Å². The molecule has 0 aliphatic heterocycles. The lowest BCUT2D eigenvalue weighted by molar-refractivity contribution is -0.136. The predicted octanol–water partition coefficient (Wildman–Crippen LogP) is -5.46. The summed E-state index contributed by atoms with van der Waals surface area (Å²) in [6.45, 7) is 1.78. The van der Waals surface area contributed by atoms with E-state index >= 15 is 0 Å². The first-order chi connectivity index (χ1) is 30.6. The highest BCUT2D eigenvalue weighted by Crippen LogP contribution is 2.13. The Kier molecular flexibility index (Phi) is 25.7. The van der Waals surface area contributed by atoms with E-state index in [1.807, 2.05) is 0 Å². The number of unbranched alkanes of at least 4 members (excludes halogenated alkanes) is 1. The van der Waals surface area contributed by atoms with Crippen LogP contribution in [0.15, 0.2) is 24.3 Å². The van der Waals surface area contributed by atoms with Crippen molar-refractivity contribution in [2.24, 2.45) is 34.4 Å². The van der Waals surface area contributed by atoms with Crippen molar-refractivity contribution in [1.29, 1.82) is 10.8 Å². The van der Waals surface area contributed by atoms with Crippen LogP contribution in [-0.4, -0.2) is 126 Å². The Morgan fingerprint density at radius 3 is 1.28 bits per heavy atom. The number of phenolic OH excluding ortho intramolecular Hbond substituents is 1. The number of primary amides is 3. The summed E-state index contributed by atoms with van der Waals surface area (Å²) in [7, 11) is 0. The molecule has 0 fully saturated rings. The van der Waals surface area contributed by atoms with Gasteiger partial charge in [0.1, 0.15) is 42.0 Å². The van der Waals surface area contributed by atoms with Crippen LogP contribution in [0.25, 0.3) is 0 Å². The number of carbonyl (C=O) groups excluding carboxylic acids is 9. The minimum Gasteiger partial charge on any atom is -0.508 e. The first kappa shape index (κ1) is 55.8. The number of carbonyl (C=O) groups is 9. The van der Waals surface area contributed by atoms with Gasteiger partial charge in [0.05, 0.1) is 0 Å². The molecule has 26 nitrogen and oxygen atoms in total. The highest BCUT2D eigenvalue weighted by molar-refractivity contribution is 5.97. The topological polar surface area (TPSA) is 474 Å². The second-order valence-electron chi connectivity index (χ2n) is 15.1. The molecular weight excluding hydrogens is 853 g/mol. The third-order valence-corrected chi connectivity index (χ3v) is 9.54. The molecule has 0 aliphatic carbocycles. The molecule has 0 saturated carbocycles. The van der Waals surface area contributed by atoms with Crippen LogP contribution in [0.1, 0.15) is 83.1 Å². The zero-order valence-corrected chi connectivity index (χ0v) is 36.5. The van der Waals surface area contributed by atoms with Gasteiger partial charge < -0.3 is 82.0 Å². The van der Waals surface area contributed by atoms with Crippen LogP contribution in [0.4, 0.5) is 0 Å². The molecule has 9 amide bonds. The summed E-state index contributed by atoms with van der Waals surface area (Å²) in [5, 5.41) is 44.8. The van der Waals surface area contributed by atoms with Crippen molar-refractivity contribution >= 4 is 65.1 Å². The summed E-state index contributed by atoms with van der Waals surface area (Å²) in [4.78, 5) is 117. The molecule has 0 radical (unpaired) electrons. The number of nitrogens with two attached hydrogens (primary N) is 6. The Morgan fingerprint density at radius 2 is 0.892 bits per heavy atom. The van der Waals surface area contributed by atoms with Gasteiger partial charge in [-0.3, -0.25) is 54.0 Å². The molecule has 0 aliphatic rings. The van der Waals surface area contributed by atoms with Crippen LogP contribution in [0, 0.1) is 10.8 Å². The maximum absolute atomic E-state index is 14.2. The van der Waals surface area contributed by atoms with Crippen LogP contribution in [-0.2, 0) is 49.6 Å². The fraction of sp³-hybridized carbons (Fsp3) is 0.564. The quantitative estimate of drug-likeness (QED) is 0.0182. The Labute approximate surface area is 376 Å². The number of nitrogens with one attached hydrogen (secondary N) is 10. The second kappa shape index (κ2) is 29.9. The number of guanidine groups is 2. The molecule has 0 heterocycles. The van der Waals surface area contributed by atoms with Gasteiger partial charge in [-0.25, -0.2) is 0 Å². The van der Waals surface area contributed by atoms with E-state index in [4.69, 9.17) is 45.2 Å². The molecule has 6 atom stereocenters. The van der Waals surface area contributed by atoms with E-state index in [0.29, 0.717) is 24.9 Å². The lowest BCUT2D eigenvalue weighted by atomic mass is 10.0. The minimum absolute atomic E-state index is 0.0301. The first-order valence-electron chi connectivity index (χ1n) is 20.9. The van der Waals surface area contributed by atoms with Gasteiger partial charge in [0.25, 0.3) is 0 Å². The first-order valence-corrected chi connectivity index (χ1v) is 20.9. The monoisotopic (exact) mass is 919 g/mol. The van der Waals surface area contributed by atoms with Crippen molar-refractivity contribution in [2.45, 2.75) is 120 Å². The van der Waals surface area contributed by atoms with Gasteiger partial charge in [0.15, 0.2) is 11.9 Å². The number of phenols is 1. The van der Waals surface area contributed by atoms with E-state index in [1.54, 1.807) is 0 Å². The number of hydrogen-bond donors (Lipinski definition) is 17. The van der Waals surface area contributed by atoms with Crippen LogP contribution in [0.5, 0.6) is 5.75 Å². The van der Waals surface area contributed by atoms with E-state index in [0.717, 1.165) is 6.92 Å². The second-order valence-corrected chi connectivity index (χ2v) is 15.1. The van der Waals surface area contributed by atoms with Gasteiger partial charge in [-0.15, -0.1) is 0 Å². The summed E-state index contributed by atoms with van der Waals surface area (Å²) in [6.07, 6.45) is -0.337. The van der Waals surface area contributed by atoms with E-state index < -0.39 is 109 Å². The maximum atomic E-state index is 14.2. The molecule has 0 saturated heterocycles. The predicted molar refractivity (Wildman–Crippen MR) is 236 cm³/mol. The molecule has 0 spiro atoms. The molecule has 0 unspecified atom stereocenters. The summed E-state index contributed by atoms with van der Waals surface area (Å²) >= 11 is 0. The Bertz CT molecular complexity index is 1820. The fourth-order valence-electron chi connectivity index (χ4n) is 6.17. The number of amides is 9. The van der Waals surface area contributed by atoms with Crippen LogP contribution < -0.4 is 76.9 Å². The molecule has 26 heteroatoms. The summed E-state index contributed by atoms with van der Waals surface area (Å²) < 4.78 is 0. The largest absolute Gasteiger partial charge is 0.508 e. The lowest BCUT2D eigenvalue weighted by Crippen LogP contribution is -2.60. The minimum atomic E-state index is -1.61. The normalized spacial score (nSPS) is 13.4. The van der Waals surface area contributed by atoms with E-state index in [1.165, 1.54) is 24.3 Å². The van der Waals surface area contributed by atoms with Crippen molar-refractivity contribution in [3.8, 4) is 5.75 Å². The Morgan fingerprint density at radius 1 is 0.523 bits per heavy atom. The maximum Gasteiger partial charge on any atom is 0.243 e. The van der Waals surface area contributed by atoms with Crippen molar-refractivity contribution in [1.82, 2.24) is 42.5 Å². The zero-order chi connectivity index (χ0) is 49.1. The van der Waals surface area contributed by atoms with Crippen molar-refractivity contribution in [3.63, 3.8) is 0 Å². The molecule has 0 bridgehead atoms. The van der Waals surface area contributed by atoms with E-state index in [9.17, 15) is 48.3 Å². The average molecular weight is 919 g/mol. The number of aromatic hydroxyl groups is 1. The lowest BCUT2D eigenvalue weighted by Gasteiger charge is -2.27. The van der Waals surface area contributed by atoms with Crippen LogP contribution >= 0.6 is 0 Å². The van der Waals surface area contributed by atoms with Gasteiger partial charge in [-0.05, 0) is 82.0 Å².